The number of anilines is 1. The summed E-state index contributed by atoms with van der Waals surface area (Å²) < 4.78 is 0. The molecule has 1 rings (SSSR count). The van der Waals surface area contributed by atoms with Gasteiger partial charge in [0, 0.05) is 24.3 Å². The minimum atomic E-state index is -0.0277. The van der Waals surface area contributed by atoms with E-state index in [1.807, 2.05) is 36.9 Å². The highest BCUT2D eigenvalue weighted by molar-refractivity contribution is 5.89. The normalized spacial score (nSPS) is 12.3. The molecule has 0 aromatic heterocycles. The van der Waals surface area contributed by atoms with E-state index >= 15 is 0 Å². The molecule has 4 heteroatoms. The Kier molecular flexibility index (Phi) is 7.23. The second-order valence-electron chi connectivity index (χ2n) is 5.62. The number of urea groups is 1. The fraction of sp³-hybridized carbons (Fsp3) is 0.588. The molecule has 1 atom stereocenters. The topological polar surface area (TPSA) is 44.4 Å². The van der Waals surface area contributed by atoms with Crippen LogP contribution in [0.2, 0.25) is 0 Å². The lowest BCUT2D eigenvalue weighted by Gasteiger charge is -2.26. The molecular weight excluding hydrogens is 262 g/mol. The first-order valence-corrected chi connectivity index (χ1v) is 7.90. The van der Waals surface area contributed by atoms with E-state index in [-0.39, 0.29) is 18.1 Å². The van der Waals surface area contributed by atoms with Gasteiger partial charge in [0.15, 0.2) is 0 Å². The number of benzene rings is 1. The Balaban J connectivity index is 2.78. The number of nitrogens with one attached hydrogen (secondary N) is 2. The first-order chi connectivity index (χ1) is 9.99. The summed E-state index contributed by atoms with van der Waals surface area (Å²) in [5, 5.41) is 6.39. The first kappa shape index (κ1) is 17.5. The zero-order valence-corrected chi connectivity index (χ0v) is 13.9. The van der Waals surface area contributed by atoms with Crippen LogP contribution >= 0.6 is 0 Å². The summed E-state index contributed by atoms with van der Waals surface area (Å²) in [6.07, 6.45) is 0.961. The van der Waals surface area contributed by atoms with E-state index in [9.17, 15) is 4.79 Å². The van der Waals surface area contributed by atoms with Crippen LogP contribution in [-0.2, 0) is 0 Å². The largest absolute Gasteiger partial charge is 0.322 e. The van der Waals surface area contributed by atoms with Crippen LogP contribution in [0, 0.1) is 0 Å². The van der Waals surface area contributed by atoms with E-state index in [1.54, 1.807) is 0 Å². The summed E-state index contributed by atoms with van der Waals surface area (Å²) in [5.74, 6) is 0. The minimum absolute atomic E-state index is 0.0277. The highest BCUT2D eigenvalue weighted by Gasteiger charge is 2.16. The maximum Gasteiger partial charge on any atom is 0.322 e. The molecule has 0 saturated carbocycles. The number of amides is 2. The zero-order valence-electron chi connectivity index (χ0n) is 13.9. The van der Waals surface area contributed by atoms with Crippen molar-refractivity contribution in [1.29, 1.82) is 0 Å². The second-order valence-corrected chi connectivity index (χ2v) is 5.62. The van der Waals surface area contributed by atoms with Crippen molar-refractivity contribution >= 4 is 11.7 Å². The van der Waals surface area contributed by atoms with Crippen LogP contribution in [0.25, 0.3) is 0 Å². The van der Waals surface area contributed by atoms with Crippen LogP contribution in [0.15, 0.2) is 24.3 Å². The van der Waals surface area contributed by atoms with E-state index in [1.165, 1.54) is 5.56 Å². The molecule has 0 bridgehead atoms. The van der Waals surface area contributed by atoms with Crippen molar-refractivity contribution in [2.45, 2.75) is 53.1 Å². The van der Waals surface area contributed by atoms with Crippen LogP contribution in [0.3, 0.4) is 0 Å². The molecule has 1 aromatic rings. The smallest absolute Gasteiger partial charge is 0.322 e. The van der Waals surface area contributed by atoms with Crippen LogP contribution in [0.1, 0.15) is 52.6 Å². The number of nitrogens with zero attached hydrogens (tertiary/aromatic N) is 1. The van der Waals surface area contributed by atoms with Gasteiger partial charge in [-0.15, -0.1) is 0 Å². The summed E-state index contributed by atoms with van der Waals surface area (Å²) in [6.45, 7) is 12.1. The van der Waals surface area contributed by atoms with Gasteiger partial charge >= 0.3 is 6.03 Å². The Morgan fingerprint density at radius 3 is 2.52 bits per heavy atom. The maximum atomic E-state index is 12.4. The van der Waals surface area contributed by atoms with Gasteiger partial charge < -0.3 is 15.5 Å². The Labute approximate surface area is 128 Å². The lowest BCUT2D eigenvalue weighted by Crippen LogP contribution is -2.40. The first-order valence-electron chi connectivity index (χ1n) is 7.90. The van der Waals surface area contributed by atoms with Crippen molar-refractivity contribution in [1.82, 2.24) is 10.2 Å². The van der Waals surface area contributed by atoms with Gasteiger partial charge in [0.05, 0.1) is 0 Å². The van der Waals surface area contributed by atoms with Gasteiger partial charge in [0.25, 0.3) is 0 Å². The molecule has 0 aliphatic heterocycles. The number of hydrogen-bond acceptors (Lipinski definition) is 2. The number of rotatable bonds is 7. The predicted octanol–water partition coefficient (Wildman–Crippen LogP) is 4.01. The third kappa shape index (κ3) is 5.38. The van der Waals surface area contributed by atoms with Crippen LogP contribution in [0.4, 0.5) is 10.5 Å². The van der Waals surface area contributed by atoms with Crippen molar-refractivity contribution in [3.8, 4) is 0 Å². The third-order valence-electron chi connectivity index (χ3n) is 3.50. The predicted molar refractivity (Wildman–Crippen MR) is 89.7 cm³/mol. The molecule has 0 heterocycles. The molecule has 0 aliphatic rings. The fourth-order valence-corrected chi connectivity index (χ4v) is 2.34. The van der Waals surface area contributed by atoms with E-state index in [2.05, 4.69) is 37.5 Å². The van der Waals surface area contributed by atoms with E-state index < -0.39 is 0 Å². The average Bonchev–Trinajstić information content (AvgIpc) is 2.44. The van der Waals surface area contributed by atoms with Gasteiger partial charge in [-0.3, -0.25) is 0 Å². The van der Waals surface area contributed by atoms with Gasteiger partial charge in [-0.1, -0.05) is 26.0 Å². The second kappa shape index (κ2) is 8.67. The van der Waals surface area contributed by atoms with Gasteiger partial charge in [-0.25, -0.2) is 4.79 Å². The SMILES string of the molecule is CCCN(C(=O)Nc1cccc(C(C)NCC)c1)C(C)C. The molecule has 118 valence electrons. The van der Waals surface area contributed by atoms with E-state index in [0.29, 0.717) is 0 Å². The summed E-state index contributed by atoms with van der Waals surface area (Å²) >= 11 is 0. The van der Waals surface area contributed by atoms with E-state index in [0.717, 1.165) is 25.2 Å². The lowest BCUT2D eigenvalue weighted by molar-refractivity contribution is 0.197. The third-order valence-corrected chi connectivity index (χ3v) is 3.50. The molecular formula is C17H29N3O. The molecule has 0 aliphatic carbocycles. The van der Waals surface area contributed by atoms with Gasteiger partial charge in [-0.2, -0.15) is 0 Å². The summed E-state index contributed by atoms with van der Waals surface area (Å²) in [6, 6.07) is 8.49. The van der Waals surface area contributed by atoms with Crippen LogP contribution in [0.5, 0.6) is 0 Å². The molecule has 0 radical (unpaired) electrons. The minimum Gasteiger partial charge on any atom is -0.322 e. The monoisotopic (exact) mass is 291 g/mol. The van der Waals surface area contributed by atoms with Gasteiger partial charge in [0.1, 0.15) is 0 Å². The Bertz CT molecular complexity index is 445. The number of carbonyl (C=O) groups is 1. The highest BCUT2D eigenvalue weighted by Crippen LogP contribution is 2.18. The van der Waals surface area contributed by atoms with Gasteiger partial charge in [-0.05, 0) is 51.4 Å². The molecule has 0 fully saturated rings. The quantitative estimate of drug-likeness (QED) is 0.797. The molecule has 4 nitrogen and oxygen atoms in total. The van der Waals surface area contributed by atoms with Gasteiger partial charge in [0.2, 0.25) is 0 Å². The standard InChI is InChI=1S/C17H29N3O/c1-6-11-20(13(3)4)17(21)19-16-10-8-9-15(12-16)14(5)18-7-2/h8-10,12-14,18H,6-7,11H2,1-5H3,(H,19,21). The maximum absolute atomic E-state index is 12.4. The lowest BCUT2D eigenvalue weighted by atomic mass is 10.1. The van der Waals surface area contributed by atoms with Crippen molar-refractivity contribution in [3.63, 3.8) is 0 Å². The molecule has 2 N–H and O–H groups in total. The summed E-state index contributed by atoms with van der Waals surface area (Å²) in [5.41, 5.74) is 2.03. The molecule has 1 aromatic carbocycles. The van der Waals surface area contributed by atoms with Crippen LogP contribution in [-0.4, -0.2) is 30.1 Å². The van der Waals surface area contributed by atoms with E-state index in [4.69, 9.17) is 0 Å². The molecule has 21 heavy (non-hydrogen) atoms. The molecule has 0 saturated heterocycles. The molecule has 1 unspecified atom stereocenters. The Hall–Kier alpha value is -1.55. The van der Waals surface area contributed by atoms with Crippen molar-refractivity contribution in [2.24, 2.45) is 0 Å². The Morgan fingerprint density at radius 1 is 1.24 bits per heavy atom. The summed E-state index contributed by atoms with van der Waals surface area (Å²) in [7, 11) is 0. The van der Waals surface area contributed by atoms with Crippen LogP contribution < -0.4 is 10.6 Å². The number of hydrogen-bond donors (Lipinski definition) is 2. The zero-order chi connectivity index (χ0) is 15.8. The van der Waals surface area contributed by atoms with Crippen molar-refractivity contribution < 1.29 is 4.79 Å². The average molecular weight is 291 g/mol. The molecule has 2 amide bonds. The highest BCUT2D eigenvalue weighted by atomic mass is 16.2. The van der Waals surface area contributed by atoms with Crippen molar-refractivity contribution in [3.05, 3.63) is 29.8 Å². The summed E-state index contributed by atoms with van der Waals surface area (Å²) in [4.78, 5) is 14.2. The molecule has 0 spiro atoms. The Morgan fingerprint density at radius 2 is 1.95 bits per heavy atom. The van der Waals surface area contributed by atoms with Crippen molar-refractivity contribution in [2.75, 3.05) is 18.4 Å². The fourth-order valence-electron chi connectivity index (χ4n) is 2.34. The number of carbonyl (C=O) groups excluding carboxylic acids is 1.